The van der Waals surface area contributed by atoms with Crippen molar-refractivity contribution in [3.63, 3.8) is 0 Å². The number of benzene rings is 2. The van der Waals surface area contributed by atoms with Crippen LogP contribution >= 0.6 is 11.3 Å². The highest BCUT2D eigenvalue weighted by atomic mass is 32.1. The van der Waals surface area contributed by atoms with Crippen LogP contribution in [0.5, 0.6) is 0 Å². The molecular weight excluding hydrogens is 410 g/mol. The van der Waals surface area contributed by atoms with Crippen LogP contribution in [-0.4, -0.2) is 25.4 Å². The van der Waals surface area contributed by atoms with E-state index in [1.54, 1.807) is 0 Å². The zero-order valence-corrected chi connectivity index (χ0v) is 17.3. The number of nitrogens with two attached hydrogens (primary N) is 1. The third-order valence-electron chi connectivity index (χ3n) is 4.99. The highest BCUT2D eigenvalue weighted by Crippen LogP contribution is 2.32. The lowest BCUT2D eigenvalue weighted by Crippen LogP contribution is -2.15. The van der Waals surface area contributed by atoms with Gasteiger partial charge in [0.05, 0.1) is 10.6 Å². The molecule has 5 rings (SSSR count). The Balaban J connectivity index is 1.72. The number of nitrogens with zero attached hydrogens (tertiary/aromatic N) is 3. The molecule has 0 radical (unpaired) electrons. The van der Waals surface area contributed by atoms with Gasteiger partial charge in [-0.15, -0.1) is 11.3 Å². The van der Waals surface area contributed by atoms with Crippen molar-refractivity contribution in [2.24, 2.45) is 5.73 Å². The summed E-state index contributed by atoms with van der Waals surface area (Å²) in [5, 5.41) is 2.01. The van der Waals surface area contributed by atoms with Crippen LogP contribution in [0, 0.1) is 6.92 Å². The summed E-state index contributed by atoms with van der Waals surface area (Å²) in [5.74, 6) is -0.390. The number of nitrogens with one attached hydrogen (secondary N) is 1. The average molecular weight is 427 g/mol. The van der Waals surface area contributed by atoms with Gasteiger partial charge in [0, 0.05) is 0 Å². The minimum Gasteiger partial charge on any atom is -0.364 e. The number of aromatic amines is 1. The number of aromatic nitrogens is 4. The van der Waals surface area contributed by atoms with Gasteiger partial charge in [0.25, 0.3) is 5.91 Å². The zero-order valence-electron chi connectivity index (χ0n) is 16.5. The number of aryl methyl sites for hydroxylation is 1. The number of amides is 1. The normalized spacial score (nSPS) is 11.1. The van der Waals surface area contributed by atoms with E-state index in [9.17, 15) is 9.59 Å². The molecule has 152 valence electrons. The van der Waals surface area contributed by atoms with Gasteiger partial charge in [-0.1, -0.05) is 48.0 Å². The predicted molar refractivity (Wildman–Crippen MR) is 121 cm³/mol. The molecule has 0 spiro atoms. The van der Waals surface area contributed by atoms with E-state index in [1.807, 2.05) is 73.0 Å². The molecule has 8 heteroatoms. The molecule has 0 unspecified atom stereocenters. The highest BCUT2D eigenvalue weighted by Gasteiger charge is 2.21. The molecule has 0 bridgehead atoms. The first-order valence-electron chi connectivity index (χ1n) is 9.55. The number of carbonyl (C=O) groups excluding carboxylic acids is 1. The molecule has 0 aliphatic heterocycles. The van der Waals surface area contributed by atoms with Crippen molar-refractivity contribution in [3.05, 3.63) is 87.8 Å². The fraction of sp³-hybridized carbons (Fsp3) is 0.0435. The first-order chi connectivity index (χ1) is 15.0. The van der Waals surface area contributed by atoms with Crippen molar-refractivity contribution in [1.29, 1.82) is 0 Å². The number of hydrogen-bond donors (Lipinski definition) is 2. The number of carbonyl (C=O) groups is 1. The van der Waals surface area contributed by atoms with Crippen LogP contribution in [0.3, 0.4) is 0 Å². The van der Waals surface area contributed by atoms with E-state index < -0.39 is 11.6 Å². The van der Waals surface area contributed by atoms with Crippen LogP contribution in [0.15, 0.2) is 70.8 Å². The molecule has 0 fully saturated rings. The van der Waals surface area contributed by atoms with Gasteiger partial charge in [-0.2, -0.15) is 0 Å². The van der Waals surface area contributed by atoms with Gasteiger partial charge in [0.2, 0.25) is 0 Å². The number of hydrogen-bond acceptors (Lipinski definition) is 5. The predicted octanol–water partition coefficient (Wildman–Crippen LogP) is 3.91. The summed E-state index contributed by atoms with van der Waals surface area (Å²) in [6.07, 6.45) is 0. The molecule has 1 amide bonds. The van der Waals surface area contributed by atoms with Crippen molar-refractivity contribution < 1.29 is 4.79 Å². The van der Waals surface area contributed by atoms with Crippen LogP contribution in [-0.2, 0) is 0 Å². The molecule has 0 saturated carbocycles. The Morgan fingerprint density at radius 2 is 1.77 bits per heavy atom. The van der Waals surface area contributed by atoms with Gasteiger partial charge in [0.15, 0.2) is 17.2 Å². The second kappa shape index (κ2) is 7.33. The maximum Gasteiger partial charge on any atom is 0.332 e. The second-order valence-electron chi connectivity index (χ2n) is 7.13. The number of rotatable bonds is 4. The standard InChI is InChI=1S/C23H17N5O2S/c1-13-7-9-16(10-8-13)28-22-19(26-23(28)30)18(20(24)29)25-21(27-22)17-11-15(12-31-17)14-5-3-2-4-6-14/h2-12H,1H3,(H2,24,29)(H,26,30). The van der Waals surface area contributed by atoms with E-state index in [0.717, 1.165) is 21.6 Å². The van der Waals surface area contributed by atoms with Gasteiger partial charge in [-0.25, -0.2) is 19.3 Å². The Bertz CT molecular complexity index is 1480. The summed E-state index contributed by atoms with van der Waals surface area (Å²) in [6.45, 7) is 1.97. The number of fused-ring (bicyclic) bond motifs is 1. The highest BCUT2D eigenvalue weighted by molar-refractivity contribution is 7.13. The summed E-state index contributed by atoms with van der Waals surface area (Å²) < 4.78 is 1.43. The van der Waals surface area contributed by atoms with Crippen molar-refractivity contribution in [3.8, 4) is 27.5 Å². The average Bonchev–Trinajstić information content (AvgIpc) is 3.39. The number of thiophene rings is 1. The lowest BCUT2D eigenvalue weighted by atomic mass is 10.1. The third-order valence-corrected chi connectivity index (χ3v) is 5.92. The van der Waals surface area contributed by atoms with Crippen molar-refractivity contribution in [2.45, 2.75) is 6.92 Å². The second-order valence-corrected chi connectivity index (χ2v) is 8.04. The molecule has 0 aliphatic carbocycles. The lowest BCUT2D eigenvalue weighted by Gasteiger charge is -2.06. The molecule has 7 nitrogen and oxygen atoms in total. The monoisotopic (exact) mass is 427 g/mol. The summed E-state index contributed by atoms with van der Waals surface area (Å²) in [6, 6.07) is 19.4. The Kier molecular flexibility index (Phi) is 4.48. The SMILES string of the molecule is Cc1ccc(-n2c(=O)[nH]c3c(C(N)=O)nc(-c4cc(-c5ccccc5)cs4)nc32)cc1. The van der Waals surface area contributed by atoms with Crippen molar-refractivity contribution >= 4 is 28.4 Å². The molecule has 0 saturated heterocycles. The molecule has 3 N–H and O–H groups in total. The smallest absolute Gasteiger partial charge is 0.332 e. The number of primary amides is 1. The molecule has 0 atom stereocenters. The maximum atomic E-state index is 12.7. The van der Waals surface area contributed by atoms with Crippen LogP contribution in [0.2, 0.25) is 0 Å². The van der Waals surface area contributed by atoms with Crippen molar-refractivity contribution in [2.75, 3.05) is 0 Å². The Hall–Kier alpha value is -4.04. The fourth-order valence-corrected chi connectivity index (χ4v) is 4.29. The quantitative estimate of drug-likeness (QED) is 0.453. The molecule has 0 aliphatic rings. The Labute approximate surface area is 180 Å². The Morgan fingerprint density at radius 1 is 1.03 bits per heavy atom. The lowest BCUT2D eigenvalue weighted by molar-refractivity contribution is 0.0997. The van der Waals surface area contributed by atoms with E-state index in [2.05, 4.69) is 15.0 Å². The fourth-order valence-electron chi connectivity index (χ4n) is 3.44. The molecule has 2 aromatic carbocycles. The van der Waals surface area contributed by atoms with Crippen LogP contribution in [0.1, 0.15) is 16.1 Å². The number of imidazole rings is 1. The largest absolute Gasteiger partial charge is 0.364 e. The molecule has 31 heavy (non-hydrogen) atoms. The zero-order chi connectivity index (χ0) is 21.5. The maximum absolute atomic E-state index is 12.7. The van der Waals surface area contributed by atoms with Crippen LogP contribution in [0.4, 0.5) is 0 Å². The first kappa shape index (κ1) is 19.0. The van der Waals surface area contributed by atoms with E-state index in [1.165, 1.54) is 15.9 Å². The van der Waals surface area contributed by atoms with E-state index >= 15 is 0 Å². The third kappa shape index (κ3) is 3.32. The molecule has 3 aromatic heterocycles. The topological polar surface area (TPSA) is 107 Å². The van der Waals surface area contributed by atoms with Crippen LogP contribution in [0.25, 0.3) is 38.7 Å². The first-order valence-corrected chi connectivity index (χ1v) is 10.4. The summed E-state index contributed by atoms with van der Waals surface area (Å²) in [4.78, 5) is 37.3. The molecular formula is C23H17N5O2S. The van der Waals surface area contributed by atoms with Gasteiger partial charge in [-0.05, 0) is 41.6 Å². The minimum absolute atomic E-state index is 0.0161. The van der Waals surface area contributed by atoms with Gasteiger partial charge < -0.3 is 10.7 Å². The van der Waals surface area contributed by atoms with Gasteiger partial charge in [0.1, 0.15) is 5.52 Å². The van der Waals surface area contributed by atoms with Gasteiger partial charge >= 0.3 is 5.69 Å². The van der Waals surface area contributed by atoms with E-state index in [-0.39, 0.29) is 11.2 Å². The molecule has 3 heterocycles. The molecule has 5 aromatic rings. The van der Waals surface area contributed by atoms with E-state index in [4.69, 9.17) is 5.73 Å². The number of H-pyrrole nitrogens is 1. The summed E-state index contributed by atoms with van der Waals surface area (Å²) in [7, 11) is 0. The summed E-state index contributed by atoms with van der Waals surface area (Å²) >= 11 is 1.46. The minimum atomic E-state index is -0.731. The van der Waals surface area contributed by atoms with Crippen molar-refractivity contribution in [1.82, 2.24) is 19.5 Å². The van der Waals surface area contributed by atoms with Crippen LogP contribution < -0.4 is 11.4 Å². The summed E-state index contributed by atoms with van der Waals surface area (Å²) in [5.41, 5.74) is 9.48. The Morgan fingerprint density at radius 3 is 2.48 bits per heavy atom. The van der Waals surface area contributed by atoms with Gasteiger partial charge in [-0.3, -0.25) is 4.79 Å². The van der Waals surface area contributed by atoms with E-state index in [0.29, 0.717) is 17.2 Å².